The maximum Gasteiger partial charge on any atom is 0.339 e. The first-order valence-corrected chi connectivity index (χ1v) is 5.74. The van der Waals surface area contributed by atoms with Gasteiger partial charge in [0.15, 0.2) is 9.84 Å². The molecular formula is C7H10N2O4S. The van der Waals surface area contributed by atoms with Crippen LogP contribution in [0.25, 0.3) is 0 Å². The third kappa shape index (κ3) is 2.32. The Kier molecular flexibility index (Phi) is 2.90. The molecule has 0 aliphatic carbocycles. The molecule has 0 radical (unpaired) electrons. The molecular weight excluding hydrogens is 208 g/mol. The summed E-state index contributed by atoms with van der Waals surface area (Å²) in [5.41, 5.74) is 0.0291. The maximum absolute atomic E-state index is 11.2. The zero-order chi connectivity index (χ0) is 10.8. The summed E-state index contributed by atoms with van der Waals surface area (Å²) < 4.78 is 22.4. The van der Waals surface area contributed by atoms with E-state index in [0.29, 0.717) is 0 Å². The molecule has 0 saturated carbocycles. The SMILES string of the molecule is CCS(=O)(=O)Cc1[nH]ncc1C(=O)O. The molecule has 2 N–H and O–H groups in total. The highest BCUT2D eigenvalue weighted by Gasteiger charge is 2.17. The zero-order valence-electron chi connectivity index (χ0n) is 7.52. The highest BCUT2D eigenvalue weighted by Crippen LogP contribution is 2.09. The summed E-state index contributed by atoms with van der Waals surface area (Å²) in [5, 5.41) is 14.5. The number of H-pyrrole nitrogens is 1. The summed E-state index contributed by atoms with van der Waals surface area (Å²) in [7, 11) is -3.23. The molecule has 14 heavy (non-hydrogen) atoms. The van der Waals surface area contributed by atoms with Crippen LogP contribution in [0.2, 0.25) is 0 Å². The molecule has 0 aromatic carbocycles. The van der Waals surface area contributed by atoms with Crippen LogP contribution in [0.4, 0.5) is 0 Å². The lowest BCUT2D eigenvalue weighted by Crippen LogP contribution is -2.10. The van der Waals surface area contributed by atoms with Crippen molar-refractivity contribution in [3.05, 3.63) is 17.5 Å². The van der Waals surface area contributed by atoms with E-state index in [1.54, 1.807) is 0 Å². The highest BCUT2D eigenvalue weighted by atomic mass is 32.2. The van der Waals surface area contributed by atoms with E-state index < -0.39 is 15.8 Å². The van der Waals surface area contributed by atoms with Gasteiger partial charge in [0.2, 0.25) is 0 Å². The molecule has 0 aliphatic rings. The number of nitrogens with zero attached hydrogens (tertiary/aromatic N) is 1. The lowest BCUT2D eigenvalue weighted by molar-refractivity contribution is 0.0696. The fourth-order valence-electron chi connectivity index (χ4n) is 0.929. The number of hydrogen-bond donors (Lipinski definition) is 2. The topological polar surface area (TPSA) is 100 Å². The summed E-state index contributed by atoms with van der Waals surface area (Å²) in [6.45, 7) is 1.51. The van der Waals surface area contributed by atoms with Crippen LogP contribution < -0.4 is 0 Å². The normalized spacial score (nSPS) is 11.5. The monoisotopic (exact) mass is 218 g/mol. The van der Waals surface area contributed by atoms with E-state index in [4.69, 9.17) is 5.11 Å². The fraction of sp³-hybridized carbons (Fsp3) is 0.429. The number of nitrogens with one attached hydrogen (secondary N) is 1. The number of carboxylic acids is 1. The van der Waals surface area contributed by atoms with Crippen molar-refractivity contribution in [3.8, 4) is 0 Å². The Balaban J connectivity index is 2.98. The standard InChI is InChI=1S/C7H10N2O4S/c1-2-14(12,13)4-6-5(7(10)11)3-8-9-6/h3H,2,4H2,1H3,(H,8,9)(H,10,11). The van der Waals surface area contributed by atoms with Crippen molar-refractivity contribution in [1.29, 1.82) is 0 Å². The minimum atomic E-state index is -3.23. The van der Waals surface area contributed by atoms with Crippen LogP contribution >= 0.6 is 0 Å². The van der Waals surface area contributed by atoms with E-state index in [1.807, 2.05) is 0 Å². The number of sulfone groups is 1. The minimum absolute atomic E-state index is 0.0227. The van der Waals surface area contributed by atoms with Gasteiger partial charge >= 0.3 is 5.97 Å². The van der Waals surface area contributed by atoms with Crippen LogP contribution in [0.3, 0.4) is 0 Å². The Labute approximate surface area is 80.9 Å². The highest BCUT2D eigenvalue weighted by molar-refractivity contribution is 7.90. The third-order valence-electron chi connectivity index (χ3n) is 1.75. The quantitative estimate of drug-likeness (QED) is 0.743. The van der Waals surface area contributed by atoms with Crippen LogP contribution in [0.5, 0.6) is 0 Å². The van der Waals surface area contributed by atoms with Gasteiger partial charge in [-0.25, -0.2) is 13.2 Å². The second kappa shape index (κ2) is 3.79. The summed E-state index contributed by atoms with van der Waals surface area (Å²) in [4.78, 5) is 10.6. The van der Waals surface area contributed by atoms with Crippen LogP contribution in [-0.2, 0) is 15.6 Å². The van der Waals surface area contributed by atoms with E-state index in [1.165, 1.54) is 6.92 Å². The number of hydrogen-bond acceptors (Lipinski definition) is 4. The van der Waals surface area contributed by atoms with Crippen molar-refractivity contribution in [2.75, 3.05) is 5.75 Å². The van der Waals surface area contributed by atoms with Gasteiger partial charge in [0, 0.05) is 5.75 Å². The molecule has 0 atom stereocenters. The smallest absolute Gasteiger partial charge is 0.339 e. The van der Waals surface area contributed by atoms with E-state index in [9.17, 15) is 13.2 Å². The van der Waals surface area contributed by atoms with Gasteiger partial charge in [-0.15, -0.1) is 0 Å². The van der Waals surface area contributed by atoms with Gasteiger partial charge < -0.3 is 5.11 Å². The van der Waals surface area contributed by atoms with Crippen LogP contribution in [0.1, 0.15) is 23.0 Å². The molecule has 1 aromatic heterocycles. The Bertz CT molecular complexity index is 434. The van der Waals surface area contributed by atoms with E-state index in [-0.39, 0.29) is 22.8 Å². The predicted molar refractivity (Wildman–Crippen MR) is 48.7 cm³/mol. The number of aromatic nitrogens is 2. The van der Waals surface area contributed by atoms with Gasteiger partial charge in [-0.05, 0) is 0 Å². The second-order valence-electron chi connectivity index (χ2n) is 2.74. The summed E-state index contributed by atoms with van der Waals surface area (Å²) in [6, 6.07) is 0. The fourth-order valence-corrected chi connectivity index (χ4v) is 1.79. The Morgan fingerprint density at radius 2 is 2.29 bits per heavy atom. The van der Waals surface area contributed by atoms with Gasteiger partial charge in [-0.3, -0.25) is 5.10 Å². The van der Waals surface area contributed by atoms with E-state index in [0.717, 1.165) is 6.20 Å². The van der Waals surface area contributed by atoms with Crippen molar-refractivity contribution < 1.29 is 18.3 Å². The lowest BCUT2D eigenvalue weighted by Gasteiger charge is -1.99. The van der Waals surface area contributed by atoms with Crippen molar-refractivity contribution in [3.63, 3.8) is 0 Å². The van der Waals surface area contributed by atoms with Crippen LogP contribution in [0.15, 0.2) is 6.20 Å². The minimum Gasteiger partial charge on any atom is -0.478 e. The Morgan fingerprint density at radius 3 is 2.79 bits per heavy atom. The molecule has 1 heterocycles. The first-order chi connectivity index (χ1) is 6.46. The zero-order valence-corrected chi connectivity index (χ0v) is 8.34. The summed E-state index contributed by atoms with van der Waals surface area (Å²) in [6.07, 6.45) is 1.10. The van der Waals surface area contributed by atoms with Gasteiger partial charge in [-0.1, -0.05) is 6.92 Å². The van der Waals surface area contributed by atoms with Gasteiger partial charge in [0.05, 0.1) is 17.6 Å². The number of aromatic carboxylic acids is 1. The second-order valence-corrected chi connectivity index (χ2v) is 5.10. The van der Waals surface area contributed by atoms with E-state index in [2.05, 4.69) is 10.2 Å². The summed E-state index contributed by atoms with van der Waals surface area (Å²) in [5.74, 6) is -1.52. The van der Waals surface area contributed by atoms with Gasteiger partial charge in [-0.2, -0.15) is 5.10 Å². The molecule has 0 saturated heterocycles. The van der Waals surface area contributed by atoms with Crippen molar-refractivity contribution in [2.24, 2.45) is 0 Å². The molecule has 6 nitrogen and oxygen atoms in total. The van der Waals surface area contributed by atoms with Crippen molar-refractivity contribution in [2.45, 2.75) is 12.7 Å². The lowest BCUT2D eigenvalue weighted by atomic mass is 10.3. The maximum atomic E-state index is 11.2. The average Bonchev–Trinajstić information content (AvgIpc) is 2.51. The third-order valence-corrected chi connectivity index (χ3v) is 3.36. The first-order valence-electron chi connectivity index (χ1n) is 3.92. The van der Waals surface area contributed by atoms with Crippen molar-refractivity contribution >= 4 is 15.8 Å². The number of carbonyl (C=O) groups is 1. The number of carboxylic acid groups (broad SMARTS) is 1. The first kappa shape index (κ1) is 10.7. The molecule has 0 spiro atoms. The van der Waals surface area contributed by atoms with Crippen LogP contribution in [-0.4, -0.2) is 35.4 Å². The Morgan fingerprint density at radius 1 is 1.64 bits per heavy atom. The van der Waals surface area contributed by atoms with E-state index >= 15 is 0 Å². The molecule has 0 unspecified atom stereocenters. The summed E-state index contributed by atoms with van der Waals surface area (Å²) >= 11 is 0. The number of rotatable bonds is 4. The average molecular weight is 218 g/mol. The molecule has 1 aromatic rings. The van der Waals surface area contributed by atoms with Gasteiger partial charge in [0.1, 0.15) is 5.56 Å². The van der Waals surface area contributed by atoms with Crippen LogP contribution in [0, 0.1) is 0 Å². The number of aromatic amines is 1. The molecule has 7 heteroatoms. The van der Waals surface area contributed by atoms with Gasteiger partial charge in [0.25, 0.3) is 0 Å². The largest absolute Gasteiger partial charge is 0.478 e. The molecule has 0 fully saturated rings. The molecule has 1 rings (SSSR count). The molecule has 0 aliphatic heterocycles. The predicted octanol–water partition coefficient (Wildman–Crippen LogP) is 0.0426. The molecule has 0 amide bonds. The Hall–Kier alpha value is -1.37. The van der Waals surface area contributed by atoms with Crippen molar-refractivity contribution in [1.82, 2.24) is 10.2 Å². The molecule has 0 bridgehead atoms. The molecule has 78 valence electrons.